The minimum Gasteiger partial charge on any atom is -0.497 e. The van der Waals surface area contributed by atoms with E-state index in [9.17, 15) is 14.4 Å². The Kier molecular flexibility index (Phi) is 7.26. The van der Waals surface area contributed by atoms with Crippen LogP contribution in [-0.2, 0) is 16.1 Å². The summed E-state index contributed by atoms with van der Waals surface area (Å²) >= 11 is 5.51. The van der Waals surface area contributed by atoms with Gasteiger partial charge < -0.3 is 14.8 Å². The van der Waals surface area contributed by atoms with E-state index in [0.717, 1.165) is 5.56 Å². The number of hydrogen-bond donors (Lipinski definition) is 2. The van der Waals surface area contributed by atoms with Crippen LogP contribution in [0.1, 0.15) is 22.3 Å². The summed E-state index contributed by atoms with van der Waals surface area (Å²) in [5, 5.41) is 3.88. The normalized spacial score (nSPS) is 15.5. The third-order valence-electron chi connectivity index (χ3n) is 4.98. The van der Waals surface area contributed by atoms with Gasteiger partial charge in [0.25, 0.3) is 11.8 Å². The highest BCUT2D eigenvalue weighted by molar-refractivity contribution is 7.80. The molecule has 1 aliphatic heterocycles. The molecule has 1 saturated heterocycles. The number of amides is 3. The first kappa shape index (κ1) is 23.0. The Morgan fingerprint density at radius 2 is 1.69 bits per heavy atom. The molecule has 1 atom stereocenters. The zero-order chi connectivity index (χ0) is 23.3. The topological polar surface area (TPSA) is 100 Å². The Morgan fingerprint density at radius 3 is 2.25 bits per heavy atom. The van der Waals surface area contributed by atoms with Crippen molar-refractivity contribution in [2.75, 3.05) is 21.3 Å². The van der Waals surface area contributed by atoms with Crippen molar-refractivity contribution in [1.29, 1.82) is 0 Å². The van der Waals surface area contributed by atoms with Crippen LogP contribution in [0, 0.1) is 0 Å². The van der Waals surface area contributed by atoms with E-state index < -0.39 is 11.9 Å². The van der Waals surface area contributed by atoms with Crippen molar-refractivity contribution in [2.45, 2.75) is 19.0 Å². The van der Waals surface area contributed by atoms with Crippen LogP contribution >= 0.6 is 12.2 Å². The van der Waals surface area contributed by atoms with Gasteiger partial charge in [-0.15, -0.1) is 0 Å². The van der Waals surface area contributed by atoms with Crippen LogP contribution < -0.4 is 20.2 Å². The summed E-state index contributed by atoms with van der Waals surface area (Å²) in [5.74, 6) is -0.383. The van der Waals surface area contributed by atoms with Crippen LogP contribution in [0.4, 0.5) is 0 Å². The lowest BCUT2D eigenvalue weighted by Gasteiger charge is -2.24. The fourth-order valence-corrected chi connectivity index (χ4v) is 3.58. The molecule has 0 aromatic heterocycles. The van der Waals surface area contributed by atoms with E-state index in [-0.39, 0.29) is 35.5 Å². The number of hydrogen-bond acceptors (Lipinski definition) is 6. The molecule has 2 N–H and O–H groups in total. The lowest BCUT2D eigenvalue weighted by atomic mass is 10.1. The molecule has 3 rings (SSSR count). The second-order valence-corrected chi connectivity index (χ2v) is 7.36. The zero-order valence-corrected chi connectivity index (χ0v) is 18.8. The van der Waals surface area contributed by atoms with Crippen LogP contribution in [0.25, 0.3) is 0 Å². The maximum absolute atomic E-state index is 13.1. The molecule has 9 nitrogen and oxygen atoms in total. The minimum absolute atomic E-state index is 0.107. The van der Waals surface area contributed by atoms with Crippen LogP contribution in [0.2, 0.25) is 0 Å². The van der Waals surface area contributed by atoms with E-state index in [1.54, 1.807) is 6.07 Å². The highest BCUT2D eigenvalue weighted by atomic mass is 32.1. The van der Waals surface area contributed by atoms with Crippen LogP contribution in [0.3, 0.4) is 0 Å². The van der Waals surface area contributed by atoms with Gasteiger partial charge in [-0.1, -0.05) is 30.3 Å². The number of benzene rings is 2. The summed E-state index contributed by atoms with van der Waals surface area (Å²) in [4.78, 5) is 39.6. The van der Waals surface area contributed by atoms with Gasteiger partial charge >= 0.3 is 0 Å². The minimum atomic E-state index is -0.970. The number of thiocarbonyl (C=S) groups is 1. The first-order chi connectivity index (χ1) is 15.4. The summed E-state index contributed by atoms with van der Waals surface area (Å²) in [6.07, 6.45) is -0.164. The van der Waals surface area contributed by atoms with E-state index in [1.165, 1.54) is 43.3 Å². The molecule has 2 aromatic carbocycles. The number of hydrazine groups is 1. The highest BCUT2D eigenvalue weighted by Gasteiger charge is 2.44. The number of methoxy groups -OCH3 is 2. The molecule has 1 unspecified atom stereocenters. The second kappa shape index (κ2) is 10.1. The van der Waals surface area contributed by atoms with Gasteiger partial charge in [0.1, 0.15) is 17.5 Å². The Balaban J connectivity index is 1.87. The van der Waals surface area contributed by atoms with Crippen molar-refractivity contribution in [3.05, 3.63) is 59.7 Å². The molecular weight excluding hydrogens is 432 g/mol. The number of nitrogens with one attached hydrogen (secondary N) is 2. The summed E-state index contributed by atoms with van der Waals surface area (Å²) in [5.41, 5.74) is 3.79. The predicted molar refractivity (Wildman–Crippen MR) is 121 cm³/mol. The van der Waals surface area contributed by atoms with Crippen LogP contribution in [-0.4, -0.2) is 60.1 Å². The number of nitrogens with zero attached hydrogens (tertiary/aromatic N) is 2. The fraction of sp³-hybridized carbons (Fsp3) is 0.273. The number of carbonyl (C=O) groups is 3. The van der Waals surface area contributed by atoms with E-state index in [4.69, 9.17) is 21.7 Å². The summed E-state index contributed by atoms with van der Waals surface area (Å²) in [6, 6.07) is 13.1. The average molecular weight is 457 g/mol. The second-order valence-electron chi connectivity index (χ2n) is 7.00. The Hall–Kier alpha value is -3.66. The van der Waals surface area contributed by atoms with Gasteiger partial charge in [0.2, 0.25) is 5.91 Å². The first-order valence-corrected chi connectivity index (χ1v) is 10.2. The SMILES string of the molecule is CNC(=O)CC1C(=O)N(Cc2ccccc2)C(=S)N1NC(=O)c1cc(OC)cc(OC)c1. The quantitative estimate of drug-likeness (QED) is 0.581. The Morgan fingerprint density at radius 1 is 1.06 bits per heavy atom. The Labute approximate surface area is 191 Å². The number of rotatable bonds is 8. The third-order valence-corrected chi connectivity index (χ3v) is 5.39. The van der Waals surface area contributed by atoms with Gasteiger partial charge in [-0.25, -0.2) is 5.01 Å². The largest absolute Gasteiger partial charge is 0.497 e. The van der Waals surface area contributed by atoms with Gasteiger partial charge in [0.05, 0.1) is 27.2 Å². The van der Waals surface area contributed by atoms with Gasteiger partial charge in [0, 0.05) is 18.7 Å². The first-order valence-electron chi connectivity index (χ1n) is 9.81. The number of ether oxygens (including phenoxy) is 2. The summed E-state index contributed by atoms with van der Waals surface area (Å²) in [6.45, 7) is 0.224. The molecule has 3 amide bonds. The molecule has 32 heavy (non-hydrogen) atoms. The van der Waals surface area contributed by atoms with E-state index in [2.05, 4.69) is 10.7 Å². The standard InChI is InChI=1S/C22H24N4O5S/c1-23-19(27)12-18-21(29)25(13-14-7-5-4-6-8-14)22(32)26(18)24-20(28)15-9-16(30-2)11-17(10-15)31-3/h4-11,18H,12-13H2,1-3H3,(H,23,27)(H,24,28). The maximum Gasteiger partial charge on any atom is 0.270 e. The average Bonchev–Trinajstić information content (AvgIpc) is 3.03. The van der Waals surface area contributed by atoms with Crippen molar-refractivity contribution in [1.82, 2.24) is 20.7 Å². The molecule has 0 saturated carbocycles. The van der Waals surface area contributed by atoms with Crippen molar-refractivity contribution in [3.63, 3.8) is 0 Å². The van der Waals surface area contributed by atoms with Crippen LogP contribution in [0.5, 0.6) is 11.5 Å². The van der Waals surface area contributed by atoms with Crippen molar-refractivity contribution >= 4 is 35.1 Å². The highest BCUT2D eigenvalue weighted by Crippen LogP contribution is 2.24. The molecule has 168 valence electrons. The zero-order valence-electron chi connectivity index (χ0n) is 18.0. The van der Waals surface area contributed by atoms with E-state index >= 15 is 0 Å². The molecule has 0 bridgehead atoms. The van der Waals surface area contributed by atoms with E-state index in [1.807, 2.05) is 30.3 Å². The van der Waals surface area contributed by atoms with Crippen molar-refractivity contribution in [3.8, 4) is 11.5 Å². The molecule has 0 radical (unpaired) electrons. The molecule has 1 fully saturated rings. The molecule has 1 aliphatic rings. The monoisotopic (exact) mass is 456 g/mol. The van der Waals surface area contributed by atoms with Gasteiger partial charge in [-0.3, -0.25) is 24.7 Å². The molecular formula is C22H24N4O5S. The summed E-state index contributed by atoms with van der Waals surface area (Å²) in [7, 11) is 4.43. The molecule has 2 aromatic rings. The third kappa shape index (κ3) is 4.97. The van der Waals surface area contributed by atoms with E-state index in [0.29, 0.717) is 11.5 Å². The summed E-state index contributed by atoms with van der Waals surface area (Å²) < 4.78 is 10.4. The lowest BCUT2D eigenvalue weighted by molar-refractivity contribution is -0.132. The predicted octanol–water partition coefficient (Wildman–Crippen LogP) is 1.48. The molecule has 1 heterocycles. The van der Waals surface area contributed by atoms with Gasteiger partial charge in [-0.2, -0.15) is 0 Å². The maximum atomic E-state index is 13.1. The molecule has 0 spiro atoms. The smallest absolute Gasteiger partial charge is 0.270 e. The van der Waals surface area contributed by atoms with Crippen molar-refractivity contribution < 1.29 is 23.9 Å². The molecule has 0 aliphatic carbocycles. The fourth-order valence-electron chi connectivity index (χ4n) is 3.25. The van der Waals surface area contributed by atoms with Gasteiger partial charge in [-0.05, 0) is 29.9 Å². The van der Waals surface area contributed by atoms with Crippen LogP contribution in [0.15, 0.2) is 48.5 Å². The van der Waals surface area contributed by atoms with Crippen molar-refractivity contribution in [2.24, 2.45) is 0 Å². The number of carbonyl (C=O) groups excluding carboxylic acids is 3. The lowest BCUT2D eigenvalue weighted by Crippen LogP contribution is -2.50. The Bertz CT molecular complexity index is 1010. The van der Waals surface area contributed by atoms with Gasteiger partial charge in [0.15, 0.2) is 5.11 Å². The molecule has 10 heteroatoms.